The number of ketones is 1. The van der Waals surface area contributed by atoms with Gasteiger partial charge in [-0.2, -0.15) is 0 Å². The minimum atomic E-state index is -0.379. The molecule has 4 rings (SSSR count). The van der Waals surface area contributed by atoms with Gasteiger partial charge in [-0.25, -0.2) is 4.39 Å². The second-order valence-corrected chi connectivity index (χ2v) is 9.24. The molecule has 4 aromatic rings. The van der Waals surface area contributed by atoms with E-state index in [-0.39, 0.29) is 37.1 Å². The molecule has 1 aromatic heterocycles. The number of hydrogen-bond donors (Lipinski definition) is 2. The molecule has 0 fully saturated rings. The van der Waals surface area contributed by atoms with Crippen LogP contribution in [0, 0.1) is 18.2 Å². The summed E-state index contributed by atoms with van der Waals surface area (Å²) < 4.78 is 25.0. The van der Waals surface area contributed by atoms with Gasteiger partial charge in [0.2, 0.25) is 0 Å². The van der Waals surface area contributed by atoms with Crippen molar-refractivity contribution in [3.63, 3.8) is 0 Å². The zero-order valence-corrected chi connectivity index (χ0v) is 20.7. The van der Waals surface area contributed by atoms with Crippen molar-refractivity contribution >= 4 is 39.5 Å². The lowest BCUT2D eigenvalue weighted by molar-refractivity contribution is -0.122. The Balaban J connectivity index is 1.43. The largest absolute Gasteiger partial charge is 0.484 e. The van der Waals surface area contributed by atoms with Crippen LogP contribution < -0.4 is 10.1 Å². The predicted molar refractivity (Wildman–Crippen MR) is 139 cm³/mol. The van der Waals surface area contributed by atoms with Crippen LogP contribution in [0.3, 0.4) is 0 Å². The smallest absolute Gasteiger partial charge is 0.258 e. The first-order valence-corrected chi connectivity index (χ1v) is 12.2. The number of benzene rings is 3. The summed E-state index contributed by atoms with van der Waals surface area (Å²) in [6.07, 6.45) is 0.267. The molecule has 0 saturated heterocycles. The van der Waals surface area contributed by atoms with Crippen LogP contribution >= 0.6 is 11.8 Å². The van der Waals surface area contributed by atoms with Crippen LogP contribution in [0.4, 0.5) is 4.39 Å². The Hall–Kier alpha value is -3.91. The molecule has 3 aromatic carbocycles. The molecule has 1 amide bonds. The van der Waals surface area contributed by atoms with Crippen molar-refractivity contribution in [3.05, 3.63) is 83.7 Å². The maximum atomic E-state index is 13.4. The third-order valence-electron chi connectivity index (χ3n) is 5.51. The monoisotopic (exact) mass is 504 g/mol. The van der Waals surface area contributed by atoms with E-state index in [1.807, 2.05) is 31.2 Å². The maximum Gasteiger partial charge on any atom is 0.258 e. The molecule has 184 valence electrons. The van der Waals surface area contributed by atoms with Crippen molar-refractivity contribution in [2.45, 2.75) is 25.2 Å². The minimum absolute atomic E-state index is 0.0954. The summed E-state index contributed by atoms with van der Waals surface area (Å²) in [7, 11) is 0. The molecule has 0 aliphatic carbocycles. The van der Waals surface area contributed by atoms with Crippen molar-refractivity contribution in [1.29, 1.82) is 5.41 Å². The van der Waals surface area contributed by atoms with Crippen LogP contribution in [0.5, 0.6) is 5.75 Å². The number of furan rings is 1. The lowest BCUT2D eigenvalue weighted by atomic mass is 10.0. The second-order valence-electron chi connectivity index (χ2n) is 8.10. The van der Waals surface area contributed by atoms with E-state index >= 15 is 0 Å². The predicted octanol–water partition coefficient (Wildman–Crippen LogP) is 6.40. The quantitative estimate of drug-likeness (QED) is 0.119. The van der Waals surface area contributed by atoms with Crippen LogP contribution in [0.2, 0.25) is 0 Å². The lowest BCUT2D eigenvalue weighted by Gasteiger charge is -2.09. The summed E-state index contributed by atoms with van der Waals surface area (Å²) in [6.45, 7) is 3.59. The number of aryl methyl sites for hydroxylation is 1. The first-order chi connectivity index (χ1) is 17.4. The number of hydrogen-bond acceptors (Lipinski definition) is 6. The second kappa shape index (κ2) is 11.2. The van der Waals surface area contributed by atoms with E-state index in [1.54, 1.807) is 37.3 Å². The summed E-state index contributed by atoms with van der Waals surface area (Å²) in [5, 5.41) is 11.7. The molecule has 0 radical (unpaired) electrons. The highest BCUT2D eigenvalue weighted by Gasteiger charge is 2.21. The number of ether oxygens (including phenoxy) is 1. The van der Waals surface area contributed by atoms with Crippen LogP contribution in [0.1, 0.15) is 29.3 Å². The number of thioether (sulfide) groups is 1. The molecular formula is C28H25FN2O4S. The fourth-order valence-corrected chi connectivity index (χ4v) is 4.43. The van der Waals surface area contributed by atoms with Crippen LogP contribution in [0.25, 0.3) is 22.3 Å². The third-order valence-corrected chi connectivity index (χ3v) is 6.58. The van der Waals surface area contributed by atoms with Crippen molar-refractivity contribution in [3.8, 4) is 17.1 Å². The Bertz CT molecular complexity index is 1430. The van der Waals surface area contributed by atoms with E-state index in [1.165, 1.54) is 23.9 Å². The summed E-state index contributed by atoms with van der Waals surface area (Å²) in [5.74, 6) is -0.0898. The zero-order chi connectivity index (χ0) is 25.7. The van der Waals surface area contributed by atoms with Crippen LogP contribution in [-0.2, 0) is 4.79 Å². The number of carbonyl (C=O) groups excluding carboxylic acids is 2. The lowest BCUT2D eigenvalue weighted by Crippen LogP contribution is -2.32. The Morgan fingerprint density at radius 1 is 1.08 bits per heavy atom. The highest BCUT2D eigenvalue weighted by molar-refractivity contribution is 8.14. The number of amides is 1. The van der Waals surface area contributed by atoms with Crippen molar-refractivity contribution in [2.75, 3.05) is 13.2 Å². The molecule has 0 spiro atoms. The molecule has 2 N–H and O–H groups in total. The normalized spacial score (nSPS) is 10.9. The van der Waals surface area contributed by atoms with Gasteiger partial charge in [0.1, 0.15) is 22.9 Å². The Kier molecular flexibility index (Phi) is 7.85. The Labute approximate surface area is 212 Å². The van der Waals surface area contributed by atoms with Gasteiger partial charge in [0.05, 0.1) is 17.2 Å². The summed E-state index contributed by atoms with van der Waals surface area (Å²) in [5.41, 5.74) is 2.55. The number of halogens is 1. The number of carbonyl (C=O) groups is 2. The van der Waals surface area contributed by atoms with E-state index in [4.69, 9.17) is 14.6 Å². The summed E-state index contributed by atoms with van der Waals surface area (Å²) >= 11 is 1.30. The van der Waals surface area contributed by atoms with E-state index in [0.717, 1.165) is 10.5 Å². The zero-order valence-electron chi connectivity index (χ0n) is 19.9. The molecule has 36 heavy (non-hydrogen) atoms. The summed E-state index contributed by atoms with van der Waals surface area (Å²) in [4.78, 5) is 26.0. The fraction of sp³-hybridized carbons (Fsp3) is 0.179. The molecule has 0 aliphatic heterocycles. The van der Waals surface area contributed by atoms with Gasteiger partial charge >= 0.3 is 0 Å². The van der Waals surface area contributed by atoms with Gasteiger partial charge in [-0.05, 0) is 61.0 Å². The van der Waals surface area contributed by atoms with E-state index < -0.39 is 0 Å². The van der Waals surface area contributed by atoms with Gasteiger partial charge in [-0.15, -0.1) is 0 Å². The van der Waals surface area contributed by atoms with Gasteiger partial charge in [0, 0.05) is 22.3 Å². The molecule has 0 atom stereocenters. The third kappa shape index (κ3) is 5.83. The molecule has 8 heteroatoms. The van der Waals surface area contributed by atoms with Crippen LogP contribution in [-0.4, -0.2) is 29.9 Å². The molecule has 0 aliphatic rings. The molecule has 0 saturated carbocycles. The standard InChI is InChI=1S/C28H25FN2O4S/c1-3-22(32)27-21-14-20(12-13-23(21)35-28(27)18-8-10-19(29)11-9-18)34-16-26(33)31-15-25(30)36-24-7-5-4-6-17(24)2/h4-14,30H,3,15-16H2,1-2H3,(H,31,33). The molecule has 1 heterocycles. The molecule has 0 unspecified atom stereocenters. The Morgan fingerprint density at radius 3 is 2.56 bits per heavy atom. The van der Waals surface area contributed by atoms with Gasteiger partial charge in [-0.3, -0.25) is 15.0 Å². The van der Waals surface area contributed by atoms with E-state index in [9.17, 15) is 14.0 Å². The minimum Gasteiger partial charge on any atom is -0.484 e. The van der Waals surface area contributed by atoms with Crippen LogP contribution in [0.15, 0.2) is 76.0 Å². The highest BCUT2D eigenvalue weighted by Crippen LogP contribution is 2.36. The van der Waals surface area contributed by atoms with Crippen molar-refractivity contribution in [2.24, 2.45) is 0 Å². The van der Waals surface area contributed by atoms with E-state index in [0.29, 0.717) is 38.6 Å². The average molecular weight is 505 g/mol. The number of Topliss-reactive ketones (excluding diaryl/α,β-unsaturated/α-hetero) is 1. The Morgan fingerprint density at radius 2 is 1.83 bits per heavy atom. The topological polar surface area (TPSA) is 92.4 Å². The maximum absolute atomic E-state index is 13.4. The van der Waals surface area contributed by atoms with Gasteiger partial charge in [0.25, 0.3) is 5.91 Å². The molecular weight excluding hydrogens is 479 g/mol. The first-order valence-electron chi connectivity index (χ1n) is 11.4. The highest BCUT2D eigenvalue weighted by atomic mass is 32.2. The number of fused-ring (bicyclic) bond motifs is 1. The number of nitrogens with one attached hydrogen (secondary N) is 2. The summed E-state index contributed by atoms with van der Waals surface area (Å²) in [6, 6.07) is 18.5. The van der Waals surface area contributed by atoms with Crippen molar-refractivity contribution < 1.29 is 23.1 Å². The fourth-order valence-electron chi connectivity index (χ4n) is 3.64. The SMILES string of the molecule is CCC(=O)c1c(-c2ccc(F)cc2)oc2ccc(OCC(=O)NCC(=N)Sc3ccccc3C)cc12. The molecule has 6 nitrogen and oxygen atoms in total. The van der Waals surface area contributed by atoms with Gasteiger partial charge in [-0.1, -0.05) is 36.9 Å². The van der Waals surface area contributed by atoms with Crippen molar-refractivity contribution in [1.82, 2.24) is 5.32 Å². The average Bonchev–Trinajstić information content (AvgIpc) is 3.26. The number of rotatable bonds is 9. The van der Waals surface area contributed by atoms with E-state index in [2.05, 4.69) is 5.32 Å². The first kappa shape index (κ1) is 25.2. The molecule has 0 bridgehead atoms. The van der Waals surface area contributed by atoms with Gasteiger partial charge < -0.3 is 14.5 Å². The van der Waals surface area contributed by atoms with Gasteiger partial charge in [0.15, 0.2) is 12.4 Å².